The zero-order valence-corrected chi connectivity index (χ0v) is 41.9. The number of hydrogen-bond acceptors (Lipinski definition) is 27. The number of phosphoric ester groups is 3. The van der Waals surface area contributed by atoms with Crippen molar-refractivity contribution in [3.63, 3.8) is 0 Å². The maximum absolute atomic E-state index is 13.8. The summed E-state index contributed by atoms with van der Waals surface area (Å²) in [6, 6.07) is 0. The van der Waals surface area contributed by atoms with Gasteiger partial charge >= 0.3 is 23.5 Å². The molecule has 0 spiro atoms. The van der Waals surface area contributed by atoms with Crippen LogP contribution in [0.1, 0.15) is 18.7 Å². The molecule has 9 heterocycles. The van der Waals surface area contributed by atoms with E-state index in [1.165, 1.54) is 4.57 Å². The lowest BCUT2D eigenvalue weighted by molar-refractivity contribution is -0.0653. The minimum atomic E-state index is -5.48. The molecular formula is C30H35Br3N15O19P3. The molecule has 6 aromatic rings. The molecule has 34 nitrogen and oxygen atoms in total. The van der Waals surface area contributed by atoms with Crippen molar-refractivity contribution in [2.75, 3.05) is 37.0 Å². The van der Waals surface area contributed by atoms with E-state index in [1.807, 2.05) is 0 Å². The molecule has 0 saturated carbocycles. The Balaban J connectivity index is 0.941. The summed E-state index contributed by atoms with van der Waals surface area (Å²) < 4.78 is 86.0. The van der Waals surface area contributed by atoms with Gasteiger partial charge in [0.15, 0.2) is 83.8 Å². The van der Waals surface area contributed by atoms with Gasteiger partial charge in [0.05, 0.1) is 19.8 Å². The van der Waals surface area contributed by atoms with Gasteiger partial charge in [0.2, 0.25) is 0 Å². The Morgan fingerprint density at radius 3 is 1.21 bits per heavy atom. The Bertz CT molecular complexity index is 3120. The minimum absolute atomic E-state index is 0.000227. The third-order valence-corrected chi connectivity index (χ3v) is 15.0. The number of rotatable bonds is 16. The number of aliphatic hydroxyl groups excluding tert-OH is 4. The molecule has 6 aromatic heterocycles. The first-order valence-electron chi connectivity index (χ1n) is 19.6. The Hall–Kier alpha value is -3.46. The fourth-order valence-electron chi connectivity index (χ4n) is 7.68. The van der Waals surface area contributed by atoms with Crippen LogP contribution in [0.25, 0.3) is 33.5 Å². The summed E-state index contributed by atoms with van der Waals surface area (Å²) in [7, 11) is -16.0. The van der Waals surface area contributed by atoms with Crippen LogP contribution in [0.15, 0.2) is 33.2 Å². The highest BCUT2D eigenvalue weighted by Gasteiger charge is 2.54. The largest absolute Gasteiger partial charge is 0.472 e. The average molecular weight is 1240 g/mol. The number of aromatic nitrogens is 12. The molecule has 3 fully saturated rings. The van der Waals surface area contributed by atoms with E-state index in [0.29, 0.717) is 0 Å². The first-order chi connectivity index (χ1) is 32.9. The molecule has 14 atom stereocenters. The van der Waals surface area contributed by atoms with Crippen LogP contribution in [0, 0.1) is 0 Å². The first-order valence-corrected chi connectivity index (χ1v) is 26.5. The molecule has 14 N–H and O–H groups in total. The Labute approximate surface area is 413 Å². The maximum Gasteiger partial charge on any atom is 0.472 e. The summed E-state index contributed by atoms with van der Waals surface area (Å²) in [6.07, 6.45) is -17.8. The number of anilines is 3. The second kappa shape index (κ2) is 19.4. The fraction of sp³-hybridized carbons (Fsp3) is 0.500. The lowest BCUT2D eigenvalue weighted by Gasteiger charge is -2.25. The molecule has 9 rings (SSSR count). The fourth-order valence-corrected chi connectivity index (χ4v) is 11.5. The van der Waals surface area contributed by atoms with Crippen molar-refractivity contribution in [1.82, 2.24) is 58.6 Å². The van der Waals surface area contributed by atoms with Crippen LogP contribution in [0.2, 0.25) is 0 Å². The van der Waals surface area contributed by atoms with Crippen LogP contribution >= 0.6 is 71.3 Å². The molecule has 0 radical (unpaired) electrons. The standard InChI is InChI=1S/C30H35Br3N15O19P3/c31-28-43-10-19(34)37-4-40-22(10)46(28)25-16(52)13(49)7(63-25)2-61-69(56,57)67-18-15(51)9(65-27(18)48-24-12(45-30(48)33)21(36)39-6-42-24)3-62-70(58,59)66-17-14(50)8(1-60-68(53,54)55)64-26(17)47-23-11(44-29(47)32)20(35)38-5-41-23/h4-9,13-18,25-27,49-52H,1-3H2,(H,56,57)(H,58,59)(H2,34,37,40)(H2,35,38,41)(H2,36,39,42)(H2,53,54,55)/t7-,8-,9-,13-,14-,15-,16-,17-,18-,25-,26-,27-/m1/s1. The summed E-state index contributed by atoms with van der Waals surface area (Å²) in [5.41, 5.74) is 18.0. The Morgan fingerprint density at radius 1 is 0.514 bits per heavy atom. The molecule has 3 saturated heterocycles. The number of nitrogen functional groups attached to an aromatic ring is 3. The molecule has 0 bridgehead atoms. The molecule has 70 heavy (non-hydrogen) atoms. The van der Waals surface area contributed by atoms with Gasteiger partial charge in [-0.25, -0.2) is 58.6 Å². The number of ether oxygens (including phenoxy) is 3. The van der Waals surface area contributed by atoms with Gasteiger partial charge in [-0.1, -0.05) is 0 Å². The van der Waals surface area contributed by atoms with Crippen LogP contribution in [-0.4, -0.2) is 173 Å². The normalized spacial score (nSPS) is 30.2. The molecule has 40 heteroatoms. The van der Waals surface area contributed by atoms with E-state index in [2.05, 4.69) is 97.2 Å². The predicted molar refractivity (Wildman–Crippen MR) is 237 cm³/mol. The Kier molecular flexibility index (Phi) is 14.3. The summed E-state index contributed by atoms with van der Waals surface area (Å²) in [4.78, 5) is 77.5. The lowest BCUT2D eigenvalue weighted by Crippen LogP contribution is -2.37. The number of nitrogens with two attached hydrogens (primary N) is 3. The number of halogens is 3. The molecule has 380 valence electrons. The van der Waals surface area contributed by atoms with Crippen molar-refractivity contribution < 1.29 is 90.5 Å². The van der Waals surface area contributed by atoms with Crippen molar-refractivity contribution in [3.8, 4) is 0 Å². The van der Waals surface area contributed by atoms with Crippen molar-refractivity contribution >= 4 is 122 Å². The molecule has 3 aliphatic rings. The van der Waals surface area contributed by atoms with Crippen molar-refractivity contribution in [2.24, 2.45) is 0 Å². The van der Waals surface area contributed by atoms with Crippen LogP contribution in [0.3, 0.4) is 0 Å². The smallest absolute Gasteiger partial charge is 0.387 e. The lowest BCUT2D eigenvalue weighted by atomic mass is 10.1. The topological polar surface area (TPSA) is 496 Å². The van der Waals surface area contributed by atoms with E-state index in [9.17, 15) is 53.7 Å². The summed E-state index contributed by atoms with van der Waals surface area (Å²) in [5.74, 6) is -0.216. The van der Waals surface area contributed by atoms with Gasteiger partial charge in [0, 0.05) is 0 Å². The van der Waals surface area contributed by atoms with Crippen LogP contribution in [0.4, 0.5) is 17.5 Å². The minimum Gasteiger partial charge on any atom is -0.387 e. The third kappa shape index (κ3) is 9.86. The van der Waals surface area contributed by atoms with Gasteiger partial charge in [-0.2, -0.15) is 0 Å². The predicted octanol–water partition coefficient (Wildman–Crippen LogP) is -1.21. The van der Waals surface area contributed by atoms with E-state index in [0.717, 1.165) is 28.1 Å². The SMILES string of the molecule is Nc1ncnc2c1nc(Br)n2[C@@H]1O[C@H](COP(=O)(O)O[C@@H]2[C@H](O)[C@@H](COP(=O)(O)O[C@@H]3[C@H](O)[C@@H](COP(=O)(O)O)O[C@H]3n3c(Br)nc4c(N)ncnc43)O[C@H]2n2c(Br)nc3c(N)ncnc32)[C@@H](O)[C@H]1O. The molecule has 3 aliphatic heterocycles. The summed E-state index contributed by atoms with van der Waals surface area (Å²) >= 11 is 9.68. The van der Waals surface area contributed by atoms with Crippen molar-refractivity contribution in [1.29, 1.82) is 0 Å². The van der Waals surface area contributed by atoms with Gasteiger partial charge in [-0.05, 0) is 47.8 Å². The number of fused-ring (bicyclic) bond motifs is 3. The van der Waals surface area contributed by atoms with Gasteiger partial charge in [-0.3, -0.25) is 36.3 Å². The maximum atomic E-state index is 13.8. The van der Waals surface area contributed by atoms with E-state index in [4.69, 9.17) is 49.5 Å². The second-order valence-corrected chi connectivity index (χ2v) is 21.3. The van der Waals surface area contributed by atoms with Crippen molar-refractivity contribution in [2.45, 2.75) is 73.6 Å². The van der Waals surface area contributed by atoms with Gasteiger partial charge in [0.1, 0.15) is 73.9 Å². The second-order valence-electron chi connectivity index (χ2n) is 15.2. The number of hydrogen-bond donors (Lipinski definition) is 11. The van der Waals surface area contributed by atoms with Crippen LogP contribution < -0.4 is 17.2 Å². The molecular weight excluding hydrogens is 1210 g/mol. The third-order valence-electron chi connectivity index (χ3n) is 10.8. The number of nitrogens with zero attached hydrogens (tertiary/aromatic N) is 12. The van der Waals surface area contributed by atoms with E-state index >= 15 is 0 Å². The highest BCUT2D eigenvalue weighted by atomic mass is 79.9. The zero-order chi connectivity index (χ0) is 50.4. The Morgan fingerprint density at radius 2 is 0.843 bits per heavy atom. The molecule has 0 aliphatic carbocycles. The first kappa shape index (κ1) is 51.4. The zero-order valence-electron chi connectivity index (χ0n) is 34.4. The van der Waals surface area contributed by atoms with Gasteiger partial charge in [0.25, 0.3) is 0 Å². The molecule has 2 unspecified atom stereocenters. The summed E-state index contributed by atoms with van der Waals surface area (Å²) in [6.45, 7) is -2.94. The van der Waals surface area contributed by atoms with E-state index in [-0.39, 0.29) is 65.1 Å². The number of phosphoric acid groups is 3. The van der Waals surface area contributed by atoms with Crippen LogP contribution in [0.5, 0.6) is 0 Å². The van der Waals surface area contributed by atoms with Gasteiger partial charge in [-0.15, -0.1) is 0 Å². The highest BCUT2D eigenvalue weighted by molar-refractivity contribution is 9.10. The molecule has 0 aromatic carbocycles. The van der Waals surface area contributed by atoms with Gasteiger partial charge < -0.3 is 71.4 Å². The van der Waals surface area contributed by atoms with E-state index < -0.39 is 117 Å². The van der Waals surface area contributed by atoms with E-state index in [1.54, 1.807) is 0 Å². The quantitative estimate of drug-likeness (QED) is 0.0400. The average Bonchev–Trinajstić information content (AvgIpc) is 4.11. The number of imidazole rings is 3. The summed E-state index contributed by atoms with van der Waals surface area (Å²) in [5, 5.41) is 44.9. The van der Waals surface area contributed by atoms with Crippen LogP contribution in [-0.2, 0) is 50.5 Å². The molecule has 0 amide bonds. The van der Waals surface area contributed by atoms with Crippen molar-refractivity contribution in [3.05, 3.63) is 33.2 Å². The number of aliphatic hydroxyl groups is 4. The highest BCUT2D eigenvalue weighted by Crippen LogP contribution is 2.54. The monoisotopic (exact) mass is 1240 g/mol.